The molecule has 2 aromatic heterocycles. The fourth-order valence-electron chi connectivity index (χ4n) is 2.00. The van der Waals surface area contributed by atoms with Crippen LogP contribution in [0.25, 0.3) is 11.2 Å². The zero-order chi connectivity index (χ0) is 12.4. The highest BCUT2D eigenvalue weighted by molar-refractivity contribution is 5.69. The summed E-state index contributed by atoms with van der Waals surface area (Å²) < 4.78 is 1.90. The van der Waals surface area contributed by atoms with Gasteiger partial charge in [0.05, 0.1) is 0 Å². The van der Waals surface area contributed by atoms with Crippen molar-refractivity contribution in [2.75, 3.05) is 0 Å². The Kier molecular flexibility index (Phi) is 3.12. The van der Waals surface area contributed by atoms with Crippen LogP contribution in [0.3, 0.4) is 0 Å². The van der Waals surface area contributed by atoms with Gasteiger partial charge in [-0.15, -0.1) is 0 Å². The van der Waals surface area contributed by atoms with E-state index in [1.807, 2.05) is 11.5 Å². The van der Waals surface area contributed by atoms with E-state index in [9.17, 15) is 9.59 Å². The van der Waals surface area contributed by atoms with Crippen LogP contribution in [0.2, 0.25) is 0 Å². The van der Waals surface area contributed by atoms with Crippen LogP contribution < -0.4 is 11.2 Å². The lowest BCUT2D eigenvalue weighted by Gasteiger charge is -2.05. The Bertz CT molecular complexity index is 635. The van der Waals surface area contributed by atoms with Crippen molar-refractivity contribution in [1.82, 2.24) is 19.5 Å². The first kappa shape index (κ1) is 11.6. The molecule has 0 spiro atoms. The van der Waals surface area contributed by atoms with Crippen molar-refractivity contribution in [3.8, 4) is 0 Å². The molecule has 0 amide bonds. The third-order valence-corrected chi connectivity index (χ3v) is 2.64. The Balaban J connectivity index is 2.75. The second kappa shape index (κ2) is 4.57. The van der Waals surface area contributed by atoms with Gasteiger partial charge in [0, 0.05) is 13.0 Å². The second-order valence-electron chi connectivity index (χ2n) is 4.04. The molecule has 0 aliphatic rings. The summed E-state index contributed by atoms with van der Waals surface area (Å²) in [4.78, 5) is 32.1. The maximum Gasteiger partial charge on any atom is 0.327 e. The van der Waals surface area contributed by atoms with Crippen molar-refractivity contribution in [3.05, 3.63) is 26.7 Å². The van der Waals surface area contributed by atoms with E-state index < -0.39 is 5.69 Å². The van der Waals surface area contributed by atoms with Crippen LogP contribution in [-0.4, -0.2) is 19.5 Å². The minimum Gasteiger partial charge on any atom is -0.322 e. The number of nitrogens with one attached hydrogen (secondary N) is 2. The molecule has 0 bridgehead atoms. The zero-order valence-electron chi connectivity index (χ0n) is 10.0. The average molecular weight is 236 g/mol. The fraction of sp³-hybridized carbons (Fsp3) is 0.545. The lowest BCUT2D eigenvalue weighted by Crippen LogP contribution is -2.23. The highest BCUT2D eigenvalue weighted by atomic mass is 16.2. The van der Waals surface area contributed by atoms with Crippen molar-refractivity contribution in [2.24, 2.45) is 0 Å². The van der Waals surface area contributed by atoms with Gasteiger partial charge >= 0.3 is 5.69 Å². The minimum atomic E-state index is -0.508. The molecule has 6 heteroatoms. The lowest BCUT2D eigenvalue weighted by molar-refractivity contribution is 0.644. The molecule has 2 heterocycles. The summed E-state index contributed by atoms with van der Waals surface area (Å²) in [6.07, 6.45) is 2.67. The zero-order valence-corrected chi connectivity index (χ0v) is 10.0. The highest BCUT2D eigenvalue weighted by Crippen LogP contribution is 2.11. The Labute approximate surface area is 97.7 Å². The van der Waals surface area contributed by atoms with Crippen LogP contribution in [0, 0.1) is 0 Å². The van der Waals surface area contributed by atoms with E-state index in [2.05, 4.69) is 21.9 Å². The maximum atomic E-state index is 11.8. The number of hydrogen-bond acceptors (Lipinski definition) is 3. The number of aryl methyl sites for hydroxylation is 2. The van der Waals surface area contributed by atoms with Crippen LogP contribution in [0.4, 0.5) is 0 Å². The third-order valence-electron chi connectivity index (χ3n) is 2.64. The third kappa shape index (κ3) is 2.02. The molecule has 2 aromatic rings. The smallest absolute Gasteiger partial charge is 0.322 e. The van der Waals surface area contributed by atoms with Gasteiger partial charge in [-0.05, 0) is 12.8 Å². The molecule has 0 saturated carbocycles. The predicted molar refractivity (Wildman–Crippen MR) is 65.3 cm³/mol. The largest absolute Gasteiger partial charge is 0.327 e. The Morgan fingerprint density at radius 1 is 1.18 bits per heavy atom. The summed E-state index contributed by atoms with van der Waals surface area (Å²) in [5.41, 5.74) is -0.0238. The van der Waals surface area contributed by atoms with Gasteiger partial charge in [0.2, 0.25) is 0 Å². The molecule has 0 aromatic carbocycles. The normalized spacial score (nSPS) is 11.2. The van der Waals surface area contributed by atoms with Gasteiger partial charge in [-0.2, -0.15) is 0 Å². The molecule has 6 nitrogen and oxygen atoms in total. The van der Waals surface area contributed by atoms with Crippen molar-refractivity contribution >= 4 is 11.2 Å². The number of imidazole rings is 1. The Morgan fingerprint density at radius 2 is 1.94 bits per heavy atom. The maximum absolute atomic E-state index is 11.8. The minimum absolute atomic E-state index is 0.368. The van der Waals surface area contributed by atoms with Crippen molar-refractivity contribution in [2.45, 2.75) is 39.7 Å². The van der Waals surface area contributed by atoms with Crippen molar-refractivity contribution < 1.29 is 0 Å². The number of H-pyrrole nitrogens is 2. The summed E-state index contributed by atoms with van der Waals surface area (Å²) in [5, 5.41) is 0. The van der Waals surface area contributed by atoms with Crippen LogP contribution in [-0.2, 0) is 13.0 Å². The molecular weight excluding hydrogens is 220 g/mol. The first-order valence-electron chi connectivity index (χ1n) is 5.89. The van der Waals surface area contributed by atoms with E-state index >= 15 is 0 Å². The number of fused-ring (bicyclic) bond motifs is 1. The monoisotopic (exact) mass is 236 g/mol. The van der Waals surface area contributed by atoms with Gasteiger partial charge in [-0.3, -0.25) is 14.8 Å². The molecule has 0 aliphatic heterocycles. The van der Waals surface area contributed by atoms with Gasteiger partial charge in [0.1, 0.15) is 5.82 Å². The molecule has 17 heavy (non-hydrogen) atoms. The molecule has 92 valence electrons. The summed E-state index contributed by atoms with van der Waals surface area (Å²) >= 11 is 0. The van der Waals surface area contributed by atoms with E-state index in [1.165, 1.54) is 0 Å². The highest BCUT2D eigenvalue weighted by Gasteiger charge is 2.13. The standard InChI is InChI=1S/C11H16N4O2/c1-3-5-7-12-9-8(15(7)6-4-2)10(16)14-11(17)13-9/h3-6H2,1-2H3,(H2,13,14,16,17). The van der Waals surface area contributed by atoms with Crippen LogP contribution >= 0.6 is 0 Å². The molecule has 0 unspecified atom stereocenters. The van der Waals surface area contributed by atoms with Crippen LogP contribution in [0.1, 0.15) is 32.5 Å². The molecule has 0 saturated heterocycles. The molecule has 2 rings (SSSR count). The summed E-state index contributed by atoms with van der Waals surface area (Å²) in [6.45, 7) is 4.84. The number of aromatic nitrogens is 4. The van der Waals surface area contributed by atoms with Gasteiger partial charge in [-0.1, -0.05) is 13.8 Å². The molecular formula is C11H16N4O2. The lowest BCUT2D eigenvalue weighted by atomic mass is 10.3. The first-order valence-corrected chi connectivity index (χ1v) is 5.89. The first-order chi connectivity index (χ1) is 8.17. The summed E-state index contributed by atoms with van der Waals surface area (Å²) in [5.74, 6) is 0.858. The van der Waals surface area contributed by atoms with Crippen LogP contribution in [0.5, 0.6) is 0 Å². The Hall–Kier alpha value is -1.85. The molecule has 2 N–H and O–H groups in total. The van der Waals surface area contributed by atoms with E-state index in [-0.39, 0.29) is 5.56 Å². The topological polar surface area (TPSA) is 83.5 Å². The number of rotatable bonds is 4. The number of hydrogen-bond donors (Lipinski definition) is 2. The second-order valence-corrected chi connectivity index (χ2v) is 4.04. The van der Waals surface area contributed by atoms with E-state index in [1.54, 1.807) is 0 Å². The summed E-state index contributed by atoms with van der Waals surface area (Å²) in [6, 6.07) is 0. The van der Waals surface area contributed by atoms with Gasteiger partial charge in [0.15, 0.2) is 11.2 Å². The predicted octanol–water partition coefficient (Wildman–Crippen LogP) is 0.775. The summed E-state index contributed by atoms with van der Waals surface area (Å²) in [7, 11) is 0. The van der Waals surface area contributed by atoms with E-state index in [0.717, 1.165) is 31.6 Å². The number of nitrogens with zero attached hydrogens (tertiary/aromatic N) is 2. The molecule has 0 fully saturated rings. The Morgan fingerprint density at radius 3 is 2.59 bits per heavy atom. The fourth-order valence-corrected chi connectivity index (χ4v) is 2.00. The van der Waals surface area contributed by atoms with Gasteiger partial charge in [0.25, 0.3) is 5.56 Å². The SMILES string of the molecule is CCCc1nc2[nH]c(=O)[nH]c(=O)c2n1CCC. The molecule has 0 atom stereocenters. The van der Waals surface area contributed by atoms with Gasteiger partial charge in [-0.25, -0.2) is 9.78 Å². The molecule has 0 radical (unpaired) electrons. The van der Waals surface area contributed by atoms with E-state index in [4.69, 9.17) is 0 Å². The van der Waals surface area contributed by atoms with Gasteiger partial charge < -0.3 is 4.57 Å². The van der Waals surface area contributed by atoms with Crippen molar-refractivity contribution in [3.63, 3.8) is 0 Å². The van der Waals surface area contributed by atoms with Crippen LogP contribution in [0.15, 0.2) is 9.59 Å². The quantitative estimate of drug-likeness (QED) is 0.822. The van der Waals surface area contributed by atoms with E-state index in [0.29, 0.717) is 11.2 Å². The molecule has 0 aliphatic carbocycles. The number of aromatic amines is 2. The van der Waals surface area contributed by atoms with Crippen molar-refractivity contribution in [1.29, 1.82) is 0 Å². The average Bonchev–Trinajstić information content (AvgIpc) is 2.58.